The van der Waals surface area contributed by atoms with Gasteiger partial charge in [0.15, 0.2) is 0 Å². The summed E-state index contributed by atoms with van der Waals surface area (Å²) in [7, 11) is 0. The van der Waals surface area contributed by atoms with Gasteiger partial charge in [-0.1, -0.05) is 0 Å². The Morgan fingerprint density at radius 2 is 2.22 bits per heavy atom. The van der Waals surface area contributed by atoms with Crippen LogP contribution in [0, 0.1) is 5.92 Å². The highest BCUT2D eigenvalue weighted by atomic mass is 16.3. The van der Waals surface area contributed by atoms with Crippen LogP contribution in [0.1, 0.15) is 19.3 Å². The Labute approximate surface area is 55.3 Å². The highest BCUT2D eigenvalue weighted by Gasteiger charge is 2.38. The summed E-state index contributed by atoms with van der Waals surface area (Å²) in [5.74, 6) is 0.596. The first kappa shape index (κ1) is 5.69. The van der Waals surface area contributed by atoms with Crippen molar-refractivity contribution in [2.45, 2.75) is 31.4 Å². The molecule has 0 aromatic rings. The second-order valence-electron chi connectivity index (χ2n) is 3.18. The summed E-state index contributed by atoms with van der Waals surface area (Å²) in [4.78, 5) is 0. The Balaban J connectivity index is 1.98. The average Bonchev–Trinajstić information content (AvgIpc) is 1.74. The summed E-state index contributed by atoms with van der Waals surface area (Å²) in [6, 6.07) is 0.661. The summed E-state index contributed by atoms with van der Waals surface area (Å²) >= 11 is 0. The summed E-state index contributed by atoms with van der Waals surface area (Å²) < 4.78 is 0. The van der Waals surface area contributed by atoms with Crippen molar-refractivity contribution in [2.75, 3.05) is 6.54 Å². The first-order valence-electron chi connectivity index (χ1n) is 3.79. The number of hydrogen-bond donors (Lipinski definition) is 2. The molecule has 1 saturated heterocycles. The molecular weight excluding hydrogens is 114 g/mol. The Kier molecular flexibility index (Phi) is 1.24. The molecule has 0 aromatic carbocycles. The van der Waals surface area contributed by atoms with Gasteiger partial charge < -0.3 is 10.4 Å². The number of aliphatic hydroxyl groups is 1. The van der Waals surface area contributed by atoms with Crippen molar-refractivity contribution >= 4 is 0 Å². The van der Waals surface area contributed by atoms with Gasteiger partial charge in [-0.15, -0.1) is 0 Å². The van der Waals surface area contributed by atoms with Gasteiger partial charge >= 0.3 is 0 Å². The molecule has 2 aliphatic rings. The van der Waals surface area contributed by atoms with Crippen LogP contribution >= 0.6 is 0 Å². The molecule has 0 bridgehead atoms. The topological polar surface area (TPSA) is 32.3 Å². The molecule has 2 rings (SSSR count). The Bertz CT molecular complexity index is 109. The summed E-state index contributed by atoms with van der Waals surface area (Å²) in [6.07, 6.45) is 3.52. The van der Waals surface area contributed by atoms with E-state index in [9.17, 15) is 5.11 Å². The highest BCUT2D eigenvalue weighted by molar-refractivity contribution is 4.95. The van der Waals surface area contributed by atoms with Crippen LogP contribution in [-0.2, 0) is 0 Å². The maximum Gasteiger partial charge on any atom is 0.0595 e. The molecule has 3 unspecified atom stereocenters. The average molecular weight is 127 g/mol. The molecule has 0 amide bonds. The van der Waals surface area contributed by atoms with E-state index in [1.54, 1.807) is 0 Å². The normalized spacial score (nSPS) is 49.7. The van der Waals surface area contributed by atoms with Gasteiger partial charge in [0.05, 0.1) is 6.10 Å². The van der Waals surface area contributed by atoms with Crippen LogP contribution in [0.4, 0.5) is 0 Å². The van der Waals surface area contributed by atoms with Crippen molar-refractivity contribution in [3.05, 3.63) is 0 Å². The Morgan fingerprint density at radius 1 is 1.33 bits per heavy atom. The first-order chi connectivity index (χ1) is 4.38. The lowest BCUT2D eigenvalue weighted by atomic mass is 9.77. The fraction of sp³-hybridized carbons (Fsp3) is 1.00. The van der Waals surface area contributed by atoms with E-state index in [0.717, 1.165) is 13.0 Å². The third-order valence-corrected chi connectivity index (χ3v) is 2.64. The fourth-order valence-electron chi connectivity index (χ4n) is 1.90. The van der Waals surface area contributed by atoms with Crippen molar-refractivity contribution in [3.8, 4) is 0 Å². The molecule has 9 heavy (non-hydrogen) atoms. The quantitative estimate of drug-likeness (QED) is 0.484. The number of fused-ring (bicyclic) bond motifs is 1. The van der Waals surface area contributed by atoms with E-state index in [1.807, 2.05) is 0 Å². The number of hydrogen-bond acceptors (Lipinski definition) is 2. The fourth-order valence-corrected chi connectivity index (χ4v) is 1.90. The lowest BCUT2D eigenvalue weighted by Gasteiger charge is -2.44. The SMILES string of the molecule is OC1CCCC2NCC12. The molecule has 0 aromatic heterocycles. The standard InChI is InChI=1S/C7H13NO/c9-7-3-1-2-6-5(7)4-8-6/h5-9H,1-4H2. The van der Waals surface area contributed by atoms with Gasteiger partial charge in [-0.05, 0) is 19.3 Å². The third kappa shape index (κ3) is 0.775. The smallest absolute Gasteiger partial charge is 0.0595 e. The van der Waals surface area contributed by atoms with E-state index >= 15 is 0 Å². The molecule has 3 atom stereocenters. The van der Waals surface area contributed by atoms with E-state index in [1.165, 1.54) is 12.8 Å². The minimum Gasteiger partial charge on any atom is -0.393 e. The van der Waals surface area contributed by atoms with E-state index in [-0.39, 0.29) is 6.10 Å². The predicted molar refractivity (Wildman–Crippen MR) is 35.1 cm³/mol. The molecule has 52 valence electrons. The van der Waals surface area contributed by atoms with Crippen LogP contribution in [0.2, 0.25) is 0 Å². The van der Waals surface area contributed by atoms with E-state index in [0.29, 0.717) is 12.0 Å². The summed E-state index contributed by atoms with van der Waals surface area (Å²) in [5, 5.41) is 12.7. The summed E-state index contributed by atoms with van der Waals surface area (Å²) in [5.41, 5.74) is 0. The van der Waals surface area contributed by atoms with Crippen LogP contribution in [0.5, 0.6) is 0 Å². The maximum atomic E-state index is 9.36. The molecule has 1 aliphatic carbocycles. The lowest BCUT2D eigenvalue weighted by molar-refractivity contribution is 0.00544. The molecule has 2 fully saturated rings. The minimum absolute atomic E-state index is 0.00463. The Hall–Kier alpha value is -0.0800. The van der Waals surface area contributed by atoms with E-state index < -0.39 is 0 Å². The maximum absolute atomic E-state index is 9.36. The summed E-state index contributed by atoms with van der Waals surface area (Å²) in [6.45, 7) is 1.05. The zero-order valence-corrected chi connectivity index (χ0v) is 5.51. The molecule has 1 saturated carbocycles. The zero-order valence-electron chi connectivity index (χ0n) is 5.51. The zero-order chi connectivity index (χ0) is 6.27. The van der Waals surface area contributed by atoms with Crippen molar-refractivity contribution < 1.29 is 5.11 Å². The number of rotatable bonds is 0. The van der Waals surface area contributed by atoms with Gasteiger partial charge in [0, 0.05) is 18.5 Å². The van der Waals surface area contributed by atoms with Crippen molar-refractivity contribution in [1.82, 2.24) is 5.32 Å². The van der Waals surface area contributed by atoms with Crippen LogP contribution in [-0.4, -0.2) is 23.8 Å². The second kappa shape index (κ2) is 1.96. The van der Waals surface area contributed by atoms with Gasteiger partial charge in [0.25, 0.3) is 0 Å². The molecule has 2 heteroatoms. The molecular formula is C7H13NO. The molecule has 2 N–H and O–H groups in total. The van der Waals surface area contributed by atoms with Gasteiger partial charge in [-0.3, -0.25) is 0 Å². The molecule has 0 radical (unpaired) electrons. The van der Waals surface area contributed by atoms with Crippen LogP contribution in [0.25, 0.3) is 0 Å². The van der Waals surface area contributed by atoms with Gasteiger partial charge in [0.1, 0.15) is 0 Å². The van der Waals surface area contributed by atoms with Crippen LogP contribution in [0.3, 0.4) is 0 Å². The minimum atomic E-state index is 0.00463. The van der Waals surface area contributed by atoms with Gasteiger partial charge in [-0.2, -0.15) is 0 Å². The van der Waals surface area contributed by atoms with E-state index in [2.05, 4.69) is 5.32 Å². The third-order valence-electron chi connectivity index (χ3n) is 2.64. The second-order valence-corrected chi connectivity index (χ2v) is 3.18. The van der Waals surface area contributed by atoms with Gasteiger partial charge in [0.2, 0.25) is 0 Å². The number of aliphatic hydroxyl groups excluding tert-OH is 1. The lowest BCUT2D eigenvalue weighted by Crippen LogP contribution is -2.59. The van der Waals surface area contributed by atoms with Crippen LogP contribution < -0.4 is 5.32 Å². The highest BCUT2D eigenvalue weighted by Crippen LogP contribution is 2.29. The van der Waals surface area contributed by atoms with Crippen molar-refractivity contribution in [1.29, 1.82) is 0 Å². The van der Waals surface area contributed by atoms with E-state index in [4.69, 9.17) is 0 Å². The Morgan fingerprint density at radius 3 is 2.67 bits per heavy atom. The van der Waals surface area contributed by atoms with Crippen molar-refractivity contribution in [3.63, 3.8) is 0 Å². The number of nitrogens with one attached hydrogen (secondary N) is 1. The molecule has 0 spiro atoms. The van der Waals surface area contributed by atoms with Gasteiger partial charge in [-0.25, -0.2) is 0 Å². The van der Waals surface area contributed by atoms with Crippen LogP contribution in [0.15, 0.2) is 0 Å². The first-order valence-corrected chi connectivity index (χ1v) is 3.79. The molecule has 1 heterocycles. The monoisotopic (exact) mass is 127 g/mol. The largest absolute Gasteiger partial charge is 0.393 e. The molecule has 1 aliphatic heterocycles. The van der Waals surface area contributed by atoms with Crippen molar-refractivity contribution in [2.24, 2.45) is 5.92 Å². The molecule has 2 nitrogen and oxygen atoms in total. The predicted octanol–water partition coefficient (Wildman–Crippen LogP) is 0.119.